The number of nitrogens with zero attached hydrogens (tertiary/aromatic N) is 2. The molecule has 0 unspecified atom stereocenters. The minimum absolute atomic E-state index is 0.558. The summed E-state index contributed by atoms with van der Waals surface area (Å²) in [7, 11) is 0. The van der Waals surface area contributed by atoms with E-state index in [1.165, 1.54) is 0 Å². The third-order valence-corrected chi connectivity index (χ3v) is 3.63. The highest BCUT2D eigenvalue weighted by Crippen LogP contribution is 2.23. The number of aromatic nitrogens is 2. The van der Waals surface area contributed by atoms with Crippen LogP contribution >= 0.6 is 23.2 Å². The molecule has 0 saturated carbocycles. The molecular formula is C15H17Cl2N3. The summed E-state index contributed by atoms with van der Waals surface area (Å²) in [5, 5.41) is 4.35. The third kappa shape index (κ3) is 3.84. The van der Waals surface area contributed by atoms with E-state index in [1.54, 1.807) is 6.07 Å². The van der Waals surface area contributed by atoms with Gasteiger partial charge in [0.2, 0.25) is 0 Å². The summed E-state index contributed by atoms with van der Waals surface area (Å²) in [5.74, 6) is 1.66. The lowest BCUT2D eigenvalue weighted by molar-refractivity contribution is 0.904. The number of halogens is 2. The van der Waals surface area contributed by atoms with Gasteiger partial charge in [-0.25, -0.2) is 9.97 Å². The Kier molecular flexibility index (Phi) is 5.21. The molecular weight excluding hydrogens is 293 g/mol. The number of anilines is 1. The molecule has 0 bridgehead atoms. The van der Waals surface area contributed by atoms with Crippen LogP contribution in [0.3, 0.4) is 0 Å². The van der Waals surface area contributed by atoms with Gasteiger partial charge in [0.25, 0.3) is 0 Å². The van der Waals surface area contributed by atoms with E-state index in [0.29, 0.717) is 16.5 Å². The van der Waals surface area contributed by atoms with Crippen LogP contribution in [0.1, 0.15) is 30.9 Å². The molecule has 106 valence electrons. The summed E-state index contributed by atoms with van der Waals surface area (Å²) in [5.41, 5.74) is 2.08. The lowest BCUT2D eigenvalue weighted by Crippen LogP contribution is -2.06. The first-order valence-corrected chi connectivity index (χ1v) is 7.42. The fourth-order valence-electron chi connectivity index (χ4n) is 1.92. The first-order chi connectivity index (χ1) is 9.62. The molecule has 5 heteroatoms. The largest absolute Gasteiger partial charge is 0.370 e. The van der Waals surface area contributed by atoms with Gasteiger partial charge in [0.1, 0.15) is 11.6 Å². The van der Waals surface area contributed by atoms with E-state index in [0.717, 1.165) is 35.9 Å². The standard InChI is InChI=1S/C15H17Cl2N3/c1-3-11-9-14(18-4-2)20-15(19-11)8-10-5-6-12(16)13(17)7-10/h5-7,9H,3-4,8H2,1-2H3,(H,18,19,20). The van der Waals surface area contributed by atoms with Crippen molar-refractivity contribution in [2.24, 2.45) is 0 Å². The monoisotopic (exact) mass is 309 g/mol. The molecule has 0 amide bonds. The molecule has 0 aliphatic heterocycles. The lowest BCUT2D eigenvalue weighted by Gasteiger charge is -2.08. The van der Waals surface area contributed by atoms with Gasteiger partial charge >= 0.3 is 0 Å². The Hall–Kier alpha value is -1.32. The third-order valence-electron chi connectivity index (χ3n) is 2.89. The van der Waals surface area contributed by atoms with Crippen LogP contribution in [-0.2, 0) is 12.8 Å². The van der Waals surface area contributed by atoms with Crippen LogP contribution in [0.4, 0.5) is 5.82 Å². The van der Waals surface area contributed by atoms with E-state index in [4.69, 9.17) is 23.2 Å². The fourth-order valence-corrected chi connectivity index (χ4v) is 2.24. The highest BCUT2D eigenvalue weighted by Gasteiger charge is 2.06. The smallest absolute Gasteiger partial charge is 0.135 e. The summed E-state index contributed by atoms with van der Waals surface area (Å²) in [6.07, 6.45) is 1.53. The van der Waals surface area contributed by atoms with Crippen LogP contribution in [0, 0.1) is 0 Å². The number of hydrogen-bond acceptors (Lipinski definition) is 3. The molecule has 1 aromatic carbocycles. The lowest BCUT2D eigenvalue weighted by atomic mass is 10.1. The van der Waals surface area contributed by atoms with Gasteiger partial charge in [-0.1, -0.05) is 36.2 Å². The van der Waals surface area contributed by atoms with Crippen LogP contribution in [0.5, 0.6) is 0 Å². The second-order valence-electron chi connectivity index (χ2n) is 4.47. The molecule has 0 spiro atoms. The Morgan fingerprint density at radius 1 is 1.05 bits per heavy atom. The molecule has 0 aliphatic rings. The Morgan fingerprint density at radius 3 is 2.50 bits per heavy atom. The molecule has 2 aromatic rings. The number of benzene rings is 1. The van der Waals surface area contributed by atoms with Gasteiger partial charge in [-0.15, -0.1) is 0 Å². The molecule has 0 saturated heterocycles. The molecule has 3 nitrogen and oxygen atoms in total. The predicted molar refractivity (Wildman–Crippen MR) is 84.8 cm³/mol. The minimum Gasteiger partial charge on any atom is -0.370 e. The summed E-state index contributed by atoms with van der Waals surface area (Å²) >= 11 is 12.0. The van der Waals surface area contributed by atoms with E-state index >= 15 is 0 Å². The molecule has 0 aliphatic carbocycles. The second-order valence-corrected chi connectivity index (χ2v) is 5.28. The topological polar surface area (TPSA) is 37.8 Å². The van der Waals surface area contributed by atoms with Gasteiger partial charge in [0.05, 0.1) is 10.0 Å². The van der Waals surface area contributed by atoms with Gasteiger partial charge in [0.15, 0.2) is 0 Å². The molecule has 0 radical (unpaired) electrons. The summed E-state index contributed by atoms with van der Waals surface area (Å²) in [6, 6.07) is 7.60. The van der Waals surface area contributed by atoms with Crippen molar-refractivity contribution in [3.63, 3.8) is 0 Å². The molecule has 0 atom stereocenters. The molecule has 1 aromatic heterocycles. The number of rotatable bonds is 5. The van der Waals surface area contributed by atoms with E-state index in [1.807, 2.05) is 25.1 Å². The zero-order valence-corrected chi connectivity index (χ0v) is 13.1. The van der Waals surface area contributed by atoms with E-state index < -0.39 is 0 Å². The van der Waals surface area contributed by atoms with Gasteiger partial charge in [-0.3, -0.25) is 0 Å². The van der Waals surface area contributed by atoms with Crippen molar-refractivity contribution in [3.05, 3.63) is 51.4 Å². The maximum atomic E-state index is 6.03. The average molecular weight is 310 g/mol. The van der Waals surface area contributed by atoms with Crippen LogP contribution in [0.2, 0.25) is 10.0 Å². The quantitative estimate of drug-likeness (QED) is 0.891. The maximum Gasteiger partial charge on any atom is 0.135 e. The number of aryl methyl sites for hydroxylation is 1. The summed E-state index contributed by atoms with van der Waals surface area (Å²) in [6.45, 7) is 4.97. The maximum absolute atomic E-state index is 6.03. The predicted octanol–water partition coefficient (Wildman–Crippen LogP) is 4.37. The van der Waals surface area contributed by atoms with Crippen LogP contribution in [-0.4, -0.2) is 16.5 Å². The molecule has 2 rings (SSSR count). The highest BCUT2D eigenvalue weighted by atomic mass is 35.5. The van der Waals surface area contributed by atoms with Crippen LogP contribution in [0.25, 0.3) is 0 Å². The van der Waals surface area contributed by atoms with Crippen molar-refractivity contribution < 1.29 is 0 Å². The van der Waals surface area contributed by atoms with Crippen molar-refractivity contribution in [2.75, 3.05) is 11.9 Å². The van der Waals surface area contributed by atoms with E-state index in [-0.39, 0.29) is 0 Å². The average Bonchev–Trinajstić information content (AvgIpc) is 2.43. The molecule has 1 heterocycles. The summed E-state index contributed by atoms with van der Waals surface area (Å²) in [4.78, 5) is 9.07. The molecule has 20 heavy (non-hydrogen) atoms. The van der Waals surface area contributed by atoms with Gasteiger partial charge in [0, 0.05) is 24.7 Å². The Balaban J connectivity index is 2.27. The van der Waals surface area contributed by atoms with E-state index in [9.17, 15) is 0 Å². The van der Waals surface area contributed by atoms with Crippen LogP contribution in [0.15, 0.2) is 24.3 Å². The van der Waals surface area contributed by atoms with Crippen LogP contribution < -0.4 is 5.32 Å². The van der Waals surface area contributed by atoms with Gasteiger partial charge in [-0.05, 0) is 31.0 Å². The van der Waals surface area contributed by atoms with E-state index in [2.05, 4.69) is 22.2 Å². The van der Waals surface area contributed by atoms with Gasteiger partial charge < -0.3 is 5.32 Å². The number of hydrogen-bond donors (Lipinski definition) is 1. The number of nitrogens with one attached hydrogen (secondary N) is 1. The van der Waals surface area contributed by atoms with Crippen molar-refractivity contribution in [2.45, 2.75) is 26.7 Å². The van der Waals surface area contributed by atoms with Gasteiger partial charge in [-0.2, -0.15) is 0 Å². The first kappa shape index (κ1) is 15.1. The SMILES string of the molecule is CCNc1cc(CC)nc(Cc2ccc(Cl)c(Cl)c2)n1. The molecule has 1 N–H and O–H groups in total. The molecule has 0 fully saturated rings. The zero-order valence-electron chi connectivity index (χ0n) is 11.6. The highest BCUT2D eigenvalue weighted by molar-refractivity contribution is 6.42. The second kappa shape index (κ2) is 6.91. The normalized spacial score (nSPS) is 10.6. The zero-order chi connectivity index (χ0) is 14.5. The Morgan fingerprint density at radius 2 is 1.85 bits per heavy atom. The van der Waals surface area contributed by atoms with Crippen molar-refractivity contribution in [1.29, 1.82) is 0 Å². The summed E-state index contributed by atoms with van der Waals surface area (Å²) < 4.78 is 0. The van der Waals surface area contributed by atoms with Crippen molar-refractivity contribution in [1.82, 2.24) is 9.97 Å². The first-order valence-electron chi connectivity index (χ1n) is 6.67. The van der Waals surface area contributed by atoms with Crippen molar-refractivity contribution >= 4 is 29.0 Å². The Bertz CT molecular complexity index is 600. The van der Waals surface area contributed by atoms with Crippen molar-refractivity contribution in [3.8, 4) is 0 Å². The minimum atomic E-state index is 0.558. The fraction of sp³-hybridized carbons (Fsp3) is 0.333. The Labute approximate surface area is 129 Å².